The average Bonchev–Trinajstić information content (AvgIpc) is 2.54. The van der Waals surface area contributed by atoms with E-state index in [4.69, 9.17) is 5.26 Å². The van der Waals surface area contributed by atoms with Gasteiger partial charge in [-0.1, -0.05) is 18.2 Å². The molecule has 0 fully saturated rings. The molecule has 76 valence electrons. The number of carbonyl (C=O) groups is 1. The molecule has 0 aromatic heterocycles. The van der Waals surface area contributed by atoms with Crippen LogP contribution in [0.1, 0.15) is 19.4 Å². The molecule has 15 heavy (non-hydrogen) atoms. The van der Waals surface area contributed by atoms with Crippen LogP contribution < -0.4 is 4.90 Å². The zero-order valence-electron chi connectivity index (χ0n) is 8.82. The molecule has 1 heterocycles. The van der Waals surface area contributed by atoms with E-state index in [2.05, 4.69) is 6.07 Å². The van der Waals surface area contributed by atoms with Gasteiger partial charge in [0, 0.05) is 5.69 Å². The van der Waals surface area contributed by atoms with Crippen LogP contribution in [0, 0.1) is 11.3 Å². The molecule has 0 aliphatic carbocycles. The van der Waals surface area contributed by atoms with Crippen LogP contribution in [0.5, 0.6) is 0 Å². The molecular formula is C12H12N2O. The summed E-state index contributed by atoms with van der Waals surface area (Å²) in [5.74, 6) is 0.00255. The number of hydrogen-bond acceptors (Lipinski definition) is 2. The smallest absolute Gasteiger partial charge is 0.232 e. The predicted octanol–water partition coefficient (Wildman–Crippen LogP) is 1.88. The van der Waals surface area contributed by atoms with E-state index < -0.39 is 5.54 Å². The standard InChI is InChI=1S/C12H12N2O/c1-12(2,8-13)14-10-6-4-3-5-9(10)7-11(14)15/h3-6H,7H2,1-2H3. The lowest BCUT2D eigenvalue weighted by Crippen LogP contribution is -2.44. The molecule has 0 saturated carbocycles. The van der Waals surface area contributed by atoms with Crippen LogP contribution in [-0.2, 0) is 11.2 Å². The van der Waals surface area contributed by atoms with E-state index in [9.17, 15) is 4.79 Å². The first-order chi connectivity index (χ1) is 7.06. The highest BCUT2D eigenvalue weighted by Gasteiger charge is 2.37. The van der Waals surface area contributed by atoms with Crippen molar-refractivity contribution in [3.05, 3.63) is 29.8 Å². The van der Waals surface area contributed by atoms with Gasteiger partial charge >= 0.3 is 0 Å². The molecule has 0 radical (unpaired) electrons. The van der Waals surface area contributed by atoms with Gasteiger partial charge in [0.15, 0.2) is 0 Å². The topological polar surface area (TPSA) is 44.1 Å². The fourth-order valence-corrected chi connectivity index (χ4v) is 1.92. The van der Waals surface area contributed by atoms with Gasteiger partial charge in [-0.25, -0.2) is 0 Å². The molecule has 0 atom stereocenters. The van der Waals surface area contributed by atoms with Crippen molar-refractivity contribution in [2.24, 2.45) is 0 Å². The number of para-hydroxylation sites is 1. The summed E-state index contributed by atoms with van der Waals surface area (Å²) in [5.41, 5.74) is 1.10. The molecule has 1 aromatic carbocycles. The van der Waals surface area contributed by atoms with E-state index in [0.717, 1.165) is 11.3 Å². The lowest BCUT2D eigenvalue weighted by Gasteiger charge is -2.29. The van der Waals surface area contributed by atoms with E-state index in [1.54, 1.807) is 18.7 Å². The summed E-state index contributed by atoms with van der Waals surface area (Å²) < 4.78 is 0. The summed E-state index contributed by atoms with van der Waals surface area (Å²) in [4.78, 5) is 13.4. The van der Waals surface area contributed by atoms with E-state index >= 15 is 0 Å². The third kappa shape index (κ3) is 1.39. The Kier molecular flexibility index (Phi) is 2.01. The second-order valence-electron chi connectivity index (χ2n) is 4.21. The number of anilines is 1. The quantitative estimate of drug-likeness (QED) is 0.694. The van der Waals surface area contributed by atoms with Crippen molar-refractivity contribution >= 4 is 11.6 Å². The van der Waals surface area contributed by atoms with Crippen LogP contribution in [0.25, 0.3) is 0 Å². The second-order valence-corrected chi connectivity index (χ2v) is 4.21. The largest absolute Gasteiger partial charge is 0.293 e. The van der Waals surface area contributed by atoms with E-state index in [1.807, 2.05) is 24.3 Å². The lowest BCUT2D eigenvalue weighted by atomic mass is 10.1. The summed E-state index contributed by atoms with van der Waals surface area (Å²) in [5, 5.41) is 9.05. The molecule has 0 N–H and O–H groups in total. The van der Waals surface area contributed by atoms with Gasteiger partial charge in [0.1, 0.15) is 5.54 Å². The maximum Gasteiger partial charge on any atom is 0.232 e. The molecule has 1 aliphatic heterocycles. The summed E-state index contributed by atoms with van der Waals surface area (Å²) in [6, 6.07) is 9.78. The van der Waals surface area contributed by atoms with Crippen molar-refractivity contribution in [2.45, 2.75) is 25.8 Å². The second kappa shape index (κ2) is 3.09. The highest BCUT2D eigenvalue weighted by Crippen LogP contribution is 2.33. The van der Waals surface area contributed by atoms with Crippen molar-refractivity contribution in [1.29, 1.82) is 5.26 Å². The highest BCUT2D eigenvalue weighted by atomic mass is 16.2. The molecule has 1 amide bonds. The van der Waals surface area contributed by atoms with Gasteiger partial charge < -0.3 is 0 Å². The number of fused-ring (bicyclic) bond motifs is 1. The number of benzene rings is 1. The first-order valence-electron chi connectivity index (χ1n) is 4.88. The maximum absolute atomic E-state index is 11.8. The summed E-state index contributed by atoms with van der Waals surface area (Å²) in [6.45, 7) is 3.51. The number of hydrogen-bond donors (Lipinski definition) is 0. The Balaban J connectivity index is 2.52. The van der Waals surface area contributed by atoms with Crippen LogP contribution in [0.2, 0.25) is 0 Å². The minimum Gasteiger partial charge on any atom is -0.293 e. The molecule has 0 unspecified atom stereocenters. The zero-order chi connectivity index (χ0) is 11.1. The molecule has 2 rings (SSSR count). The first kappa shape index (κ1) is 9.72. The van der Waals surface area contributed by atoms with Crippen molar-refractivity contribution in [3.63, 3.8) is 0 Å². The molecule has 0 bridgehead atoms. The predicted molar refractivity (Wildman–Crippen MR) is 57.3 cm³/mol. The van der Waals surface area contributed by atoms with Gasteiger partial charge in [-0.15, -0.1) is 0 Å². The SMILES string of the molecule is CC(C)(C#N)N1C(=O)Cc2ccccc21. The van der Waals surface area contributed by atoms with Crippen molar-refractivity contribution in [3.8, 4) is 6.07 Å². The molecule has 0 saturated heterocycles. The highest BCUT2D eigenvalue weighted by molar-refractivity contribution is 6.02. The van der Waals surface area contributed by atoms with E-state index in [1.165, 1.54) is 0 Å². The van der Waals surface area contributed by atoms with Crippen LogP contribution in [0.4, 0.5) is 5.69 Å². The van der Waals surface area contributed by atoms with E-state index in [-0.39, 0.29) is 5.91 Å². The van der Waals surface area contributed by atoms with Gasteiger partial charge in [0.25, 0.3) is 0 Å². The van der Waals surface area contributed by atoms with E-state index in [0.29, 0.717) is 6.42 Å². The molecule has 3 heteroatoms. The molecular weight excluding hydrogens is 188 g/mol. The van der Waals surface area contributed by atoms with Crippen LogP contribution in [0.15, 0.2) is 24.3 Å². The van der Waals surface area contributed by atoms with Gasteiger partial charge in [-0.05, 0) is 25.5 Å². The fourth-order valence-electron chi connectivity index (χ4n) is 1.92. The molecule has 0 spiro atoms. The number of nitriles is 1. The Labute approximate surface area is 88.9 Å². The summed E-state index contributed by atoms with van der Waals surface area (Å²) in [7, 11) is 0. The third-order valence-electron chi connectivity index (χ3n) is 2.66. The normalized spacial score (nSPS) is 15.0. The Morgan fingerprint density at radius 3 is 2.73 bits per heavy atom. The zero-order valence-corrected chi connectivity index (χ0v) is 8.82. The van der Waals surface area contributed by atoms with Gasteiger partial charge in [0.05, 0.1) is 12.5 Å². The number of amides is 1. The van der Waals surface area contributed by atoms with Crippen LogP contribution in [-0.4, -0.2) is 11.4 Å². The number of carbonyl (C=O) groups excluding carboxylic acids is 1. The minimum atomic E-state index is -0.774. The number of rotatable bonds is 1. The molecule has 1 aromatic rings. The van der Waals surface area contributed by atoms with Crippen molar-refractivity contribution in [2.75, 3.05) is 4.90 Å². The van der Waals surface area contributed by atoms with Crippen LogP contribution in [0.3, 0.4) is 0 Å². The third-order valence-corrected chi connectivity index (χ3v) is 2.66. The fraction of sp³-hybridized carbons (Fsp3) is 0.333. The Bertz CT molecular complexity index is 457. The minimum absolute atomic E-state index is 0.00255. The van der Waals surface area contributed by atoms with Crippen molar-refractivity contribution in [1.82, 2.24) is 0 Å². The van der Waals surface area contributed by atoms with Crippen molar-refractivity contribution < 1.29 is 4.79 Å². The average molecular weight is 200 g/mol. The first-order valence-corrected chi connectivity index (χ1v) is 4.88. The Morgan fingerprint density at radius 1 is 1.40 bits per heavy atom. The Hall–Kier alpha value is -1.82. The monoisotopic (exact) mass is 200 g/mol. The van der Waals surface area contributed by atoms with Gasteiger partial charge in [-0.2, -0.15) is 5.26 Å². The van der Waals surface area contributed by atoms with Gasteiger partial charge in [-0.3, -0.25) is 9.69 Å². The Morgan fingerprint density at radius 2 is 2.07 bits per heavy atom. The lowest BCUT2D eigenvalue weighted by molar-refractivity contribution is -0.118. The van der Waals surface area contributed by atoms with Gasteiger partial charge in [0.2, 0.25) is 5.91 Å². The van der Waals surface area contributed by atoms with Crippen LogP contribution >= 0.6 is 0 Å². The summed E-state index contributed by atoms with van der Waals surface area (Å²) >= 11 is 0. The maximum atomic E-state index is 11.8. The molecule has 1 aliphatic rings. The molecule has 3 nitrogen and oxygen atoms in total. The number of nitrogens with zero attached hydrogens (tertiary/aromatic N) is 2. The summed E-state index contributed by atoms with van der Waals surface area (Å²) in [6.07, 6.45) is 0.404.